The molecule has 4 rings (SSSR count). The van der Waals surface area contributed by atoms with E-state index in [9.17, 15) is 0 Å². The second-order valence-electron chi connectivity index (χ2n) is 7.34. The minimum atomic E-state index is 0.325. The fourth-order valence-electron chi connectivity index (χ4n) is 3.82. The van der Waals surface area contributed by atoms with E-state index in [4.69, 9.17) is 4.74 Å². The molecule has 4 heteroatoms. The zero-order valence-corrected chi connectivity index (χ0v) is 14.7. The number of unbranched alkanes of at least 4 members (excludes halogenated alkanes) is 1. The Kier molecular flexibility index (Phi) is 4.40. The van der Waals surface area contributed by atoms with Crippen LogP contribution < -0.4 is 4.90 Å². The van der Waals surface area contributed by atoms with Crippen LogP contribution in [-0.2, 0) is 4.74 Å². The first-order valence-electron chi connectivity index (χ1n) is 9.38. The van der Waals surface area contributed by atoms with Gasteiger partial charge in [0.25, 0.3) is 0 Å². The number of nitrogens with zero attached hydrogens (tertiary/aromatic N) is 3. The molecule has 0 amide bonds. The zero-order valence-electron chi connectivity index (χ0n) is 14.7. The Morgan fingerprint density at radius 1 is 1.12 bits per heavy atom. The van der Waals surface area contributed by atoms with Crippen LogP contribution in [-0.4, -0.2) is 35.5 Å². The van der Waals surface area contributed by atoms with Crippen LogP contribution in [0.1, 0.15) is 44.7 Å². The SMILES string of the molecule is CCCC[C@@H]1CN(c2nnc(C)c3ccccc23)C[C@H](C2CC2)O1. The number of rotatable bonds is 5. The minimum absolute atomic E-state index is 0.325. The van der Waals surface area contributed by atoms with E-state index in [1.54, 1.807) is 0 Å². The molecule has 1 aromatic carbocycles. The standard InChI is InChI=1S/C20H27N3O/c1-3-4-7-16-12-23(13-19(24-16)15-10-11-15)20-18-9-6-5-8-17(18)14(2)21-22-20/h5-6,8-9,15-16,19H,3-4,7,10-13H2,1-2H3/t16-,19-/m1/s1. The zero-order chi connectivity index (χ0) is 16.5. The lowest BCUT2D eigenvalue weighted by Gasteiger charge is -2.39. The molecule has 2 atom stereocenters. The number of aromatic nitrogens is 2. The number of hydrogen-bond donors (Lipinski definition) is 0. The van der Waals surface area contributed by atoms with Crippen molar-refractivity contribution in [3.8, 4) is 0 Å². The van der Waals surface area contributed by atoms with Crippen molar-refractivity contribution in [2.75, 3.05) is 18.0 Å². The van der Waals surface area contributed by atoms with Gasteiger partial charge in [-0.1, -0.05) is 44.0 Å². The highest BCUT2D eigenvalue weighted by atomic mass is 16.5. The lowest BCUT2D eigenvalue weighted by molar-refractivity contribution is -0.0411. The monoisotopic (exact) mass is 325 g/mol. The van der Waals surface area contributed by atoms with Crippen molar-refractivity contribution in [1.82, 2.24) is 10.2 Å². The summed E-state index contributed by atoms with van der Waals surface area (Å²) in [6.45, 7) is 6.17. The summed E-state index contributed by atoms with van der Waals surface area (Å²) in [5.41, 5.74) is 1.00. The Hall–Kier alpha value is -1.68. The van der Waals surface area contributed by atoms with Gasteiger partial charge in [-0.2, -0.15) is 5.10 Å². The summed E-state index contributed by atoms with van der Waals surface area (Å²) in [6, 6.07) is 8.50. The van der Waals surface area contributed by atoms with Gasteiger partial charge in [-0.15, -0.1) is 5.10 Å². The molecular formula is C20H27N3O. The van der Waals surface area contributed by atoms with E-state index in [0.29, 0.717) is 12.2 Å². The molecule has 1 aliphatic carbocycles. The fraction of sp³-hybridized carbons (Fsp3) is 0.600. The highest BCUT2D eigenvalue weighted by molar-refractivity contribution is 5.93. The first-order chi connectivity index (χ1) is 11.8. The third kappa shape index (κ3) is 3.12. The Morgan fingerprint density at radius 3 is 2.67 bits per heavy atom. The number of anilines is 1. The lowest BCUT2D eigenvalue weighted by atomic mass is 10.1. The van der Waals surface area contributed by atoms with Crippen LogP contribution in [0.2, 0.25) is 0 Å². The van der Waals surface area contributed by atoms with Gasteiger partial charge in [0.1, 0.15) is 0 Å². The quantitative estimate of drug-likeness (QED) is 0.829. The van der Waals surface area contributed by atoms with E-state index in [-0.39, 0.29) is 0 Å². The highest BCUT2D eigenvalue weighted by Gasteiger charge is 2.39. The molecule has 2 aromatic rings. The van der Waals surface area contributed by atoms with Gasteiger partial charge in [0.15, 0.2) is 5.82 Å². The van der Waals surface area contributed by atoms with E-state index in [0.717, 1.165) is 36.9 Å². The Labute approximate surface area is 144 Å². The molecule has 0 unspecified atom stereocenters. The van der Waals surface area contributed by atoms with Crippen molar-refractivity contribution in [2.45, 2.75) is 58.2 Å². The highest BCUT2D eigenvalue weighted by Crippen LogP contribution is 2.38. The molecule has 1 aromatic heterocycles. The normalized spacial score (nSPS) is 24.5. The average molecular weight is 325 g/mol. The fourth-order valence-corrected chi connectivity index (χ4v) is 3.82. The van der Waals surface area contributed by atoms with E-state index in [1.807, 2.05) is 6.92 Å². The van der Waals surface area contributed by atoms with Crippen LogP contribution in [0.5, 0.6) is 0 Å². The van der Waals surface area contributed by atoms with Crippen molar-refractivity contribution in [3.63, 3.8) is 0 Å². The molecule has 2 fully saturated rings. The van der Waals surface area contributed by atoms with Crippen molar-refractivity contribution < 1.29 is 4.74 Å². The number of benzene rings is 1. The van der Waals surface area contributed by atoms with E-state index in [2.05, 4.69) is 46.3 Å². The van der Waals surface area contributed by atoms with Gasteiger partial charge < -0.3 is 9.64 Å². The van der Waals surface area contributed by atoms with E-state index < -0.39 is 0 Å². The van der Waals surface area contributed by atoms with Crippen LogP contribution in [0, 0.1) is 12.8 Å². The lowest BCUT2D eigenvalue weighted by Crippen LogP contribution is -2.49. The van der Waals surface area contributed by atoms with Crippen molar-refractivity contribution in [1.29, 1.82) is 0 Å². The van der Waals surface area contributed by atoms with Gasteiger partial charge in [-0.25, -0.2) is 0 Å². The summed E-state index contributed by atoms with van der Waals surface area (Å²) in [5.74, 6) is 1.79. The minimum Gasteiger partial charge on any atom is -0.371 e. The number of fused-ring (bicyclic) bond motifs is 1. The Balaban J connectivity index is 1.65. The van der Waals surface area contributed by atoms with Gasteiger partial charge in [0, 0.05) is 23.9 Å². The summed E-state index contributed by atoms with van der Waals surface area (Å²) in [6.07, 6.45) is 6.93. The topological polar surface area (TPSA) is 38.2 Å². The summed E-state index contributed by atoms with van der Waals surface area (Å²) < 4.78 is 6.41. The van der Waals surface area contributed by atoms with E-state index in [1.165, 1.54) is 36.5 Å². The van der Waals surface area contributed by atoms with Crippen LogP contribution in [0.15, 0.2) is 24.3 Å². The molecule has 128 valence electrons. The first kappa shape index (κ1) is 15.8. The summed E-state index contributed by atoms with van der Waals surface area (Å²) >= 11 is 0. The van der Waals surface area contributed by atoms with Gasteiger partial charge in [0.2, 0.25) is 0 Å². The van der Waals surface area contributed by atoms with Gasteiger partial charge >= 0.3 is 0 Å². The van der Waals surface area contributed by atoms with Gasteiger partial charge in [-0.05, 0) is 32.1 Å². The van der Waals surface area contributed by atoms with Crippen LogP contribution >= 0.6 is 0 Å². The van der Waals surface area contributed by atoms with E-state index >= 15 is 0 Å². The molecule has 4 nitrogen and oxygen atoms in total. The van der Waals surface area contributed by atoms with Gasteiger partial charge in [-0.3, -0.25) is 0 Å². The smallest absolute Gasteiger partial charge is 0.159 e. The maximum Gasteiger partial charge on any atom is 0.159 e. The largest absolute Gasteiger partial charge is 0.371 e. The van der Waals surface area contributed by atoms with Crippen molar-refractivity contribution in [3.05, 3.63) is 30.0 Å². The van der Waals surface area contributed by atoms with Gasteiger partial charge in [0.05, 0.1) is 17.9 Å². The molecule has 1 saturated carbocycles. The summed E-state index contributed by atoms with van der Waals surface area (Å²) in [7, 11) is 0. The number of hydrogen-bond acceptors (Lipinski definition) is 4. The average Bonchev–Trinajstić information content (AvgIpc) is 3.45. The second kappa shape index (κ2) is 6.67. The van der Waals surface area contributed by atoms with Crippen LogP contribution in [0.25, 0.3) is 10.8 Å². The first-order valence-corrected chi connectivity index (χ1v) is 9.38. The van der Waals surface area contributed by atoms with Crippen molar-refractivity contribution in [2.24, 2.45) is 5.92 Å². The Bertz CT molecular complexity index is 713. The maximum atomic E-state index is 6.41. The molecule has 0 bridgehead atoms. The predicted molar refractivity (Wildman–Crippen MR) is 97.4 cm³/mol. The van der Waals surface area contributed by atoms with Crippen LogP contribution in [0.3, 0.4) is 0 Å². The molecule has 2 heterocycles. The molecule has 2 aliphatic rings. The molecular weight excluding hydrogens is 298 g/mol. The number of ether oxygens (including phenoxy) is 1. The van der Waals surface area contributed by atoms with Crippen LogP contribution in [0.4, 0.5) is 5.82 Å². The number of morpholine rings is 1. The molecule has 0 radical (unpaired) electrons. The molecule has 1 saturated heterocycles. The van der Waals surface area contributed by atoms with Crippen molar-refractivity contribution >= 4 is 16.6 Å². The molecule has 24 heavy (non-hydrogen) atoms. The predicted octanol–water partition coefficient (Wildman–Crippen LogP) is 4.11. The number of aryl methyl sites for hydroxylation is 1. The molecule has 0 spiro atoms. The Morgan fingerprint density at radius 2 is 1.92 bits per heavy atom. The molecule has 1 aliphatic heterocycles. The summed E-state index contributed by atoms with van der Waals surface area (Å²) in [4.78, 5) is 2.43. The molecule has 0 N–H and O–H groups in total. The maximum absolute atomic E-state index is 6.41. The second-order valence-corrected chi connectivity index (χ2v) is 7.34. The third-order valence-corrected chi connectivity index (χ3v) is 5.37. The summed E-state index contributed by atoms with van der Waals surface area (Å²) in [5, 5.41) is 11.4. The third-order valence-electron chi connectivity index (χ3n) is 5.37.